The van der Waals surface area contributed by atoms with Crippen LogP contribution in [0.4, 0.5) is 0 Å². The van der Waals surface area contributed by atoms with Crippen LogP contribution in [0.1, 0.15) is 20.8 Å². The minimum absolute atomic E-state index is 0.167. The Balaban J connectivity index is 3.70. The van der Waals surface area contributed by atoms with E-state index >= 15 is 0 Å². The molecule has 0 rings (SSSR count). The predicted molar refractivity (Wildman–Crippen MR) is 55.0 cm³/mol. The first kappa shape index (κ1) is 12.8. The summed E-state index contributed by atoms with van der Waals surface area (Å²) in [6, 6.07) is 0. The maximum atomic E-state index is 10.7. The summed E-state index contributed by atoms with van der Waals surface area (Å²) in [6.45, 7) is 5.54. The normalized spacial score (nSPS) is 14.2. The average molecular weight is 206 g/mol. The van der Waals surface area contributed by atoms with E-state index < -0.39 is 11.4 Å². The molecule has 0 saturated carbocycles. The van der Waals surface area contributed by atoms with E-state index in [0.717, 1.165) is 5.75 Å². The second-order valence-corrected chi connectivity index (χ2v) is 5.02. The Bertz CT molecular complexity index is 168. The number of rotatable bonds is 6. The van der Waals surface area contributed by atoms with E-state index in [2.05, 4.69) is 0 Å². The number of carboxylic acid groups (broad SMARTS) is 1. The van der Waals surface area contributed by atoms with Crippen LogP contribution in [0.5, 0.6) is 0 Å². The minimum atomic E-state index is -0.767. The van der Waals surface area contributed by atoms with Crippen LogP contribution in [0.2, 0.25) is 0 Å². The van der Waals surface area contributed by atoms with Gasteiger partial charge in [-0.25, -0.2) is 0 Å². The highest BCUT2D eigenvalue weighted by atomic mass is 32.2. The van der Waals surface area contributed by atoms with Gasteiger partial charge < -0.3 is 10.2 Å². The SMILES string of the molecule is CC(CO)CSCC(C)(C)C(=O)O. The number of carbonyl (C=O) groups is 1. The van der Waals surface area contributed by atoms with Crippen molar-refractivity contribution in [2.75, 3.05) is 18.1 Å². The Kier molecular flexibility index (Phi) is 5.40. The van der Waals surface area contributed by atoms with Gasteiger partial charge in [-0.1, -0.05) is 6.92 Å². The van der Waals surface area contributed by atoms with Crippen LogP contribution in [0.3, 0.4) is 0 Å². The maximum Gasteiger partial charge on any atom is 0.309 e. The Labute approximate surface area is 83.5 Å². The molecule has 0 aromatic rings. The molecule has 0 radical (unpaired) electrons. The van der Waals surface area contributed by atoms with Crippen molar-refractivity contribution in [3.05, 3.63) is 0 Å². The van der Waals surface area contributed by atoms with E-state index in [4.69, 9.17) is 10.2 Å². The number of carboxylic acids is 1. The second-order valence-electron chi connectivity index (χ2n) is 3.99. The summed E-state index contributed by atoms with van der Waals surface area (Å²) in [5, 5.41) is 17.5. The standard InChI is InChI=1S/C9H18O3S/c1-7(4-10)5-13-6-9(2,3)8(11)12/h7,10H,4-6H2,1-3H3,(H,11,12). The van der Waals surface area contributed by atoms with Crippen molar-refractivity contribution < 1.29 is 15.0 Å². The molecule has 1 atom stereocenters. The maximum absolute atomic E-state index is 10.7. The topological polar surface area (TPSA) is 57.5 Å². The lowest BCUT2D eigenvalue weighted by Gasteiger charge is -2.19. The highest BCUT2D eigenvalue weighted by Crippen LogP contribution is 2.23. The fourth-order valence-corrected chi connectivity index (χ4v) is 1.89. The minimum Gasteiger partial charge on any atom is -0.481 e. The molecule has 1 unspecified atom stereocenters. The average Bonchev–Trinajstić information content (AvgIpc) is 2.03. The lowest BCUT2D eigenvalue weighted by molar-refractivity contribution is -0.145. The van der Waals surface area contributed by atoms with Gasteiger partial charge >= 0.3 is 5.97 Å². The van der Waals surface area contributed by atoms with E-state index in [1.54, 1.807) is 25.6 Å². The van der Waals surface area contributed by atoms with Crippen molar-refractivity contribution in [1.29, 1.82) is 0 Å². The van der Waals surface area contributed by atoms with Crippen molar-refractivity contribution >= 4 is 17.7 Å². The van der Waals surface area contributed by atoms with Gasteiger partial charge in [0, 0.05) is 12.4 Å². The van der Waals surface area contributed by atoms with E-state index in [1.165, 1.54) is 0 Å². The lowest BCUT2D eigenvalue weighted by Crippen LogP contribution is -2.26. The van der Waals surface area contributed by atoms with Crippen LogP contribution < -0.4 is 0 Å². The van der Waals surface area contributed by atoms with Crippen molar-refractivity contribution in [2.45, 2.75) is 20.8 Å². The van der Waals surface area contributed by atoms with E-state index in [1.807, 2.05) is 6.92 Å². The molecular weight excluding hydrogens is 188 g/mol. The molecular formula is C9H18O3S. The number of aliphatic carboxylic acids is 1. The Hall–Kier alpha value is -0.220. The quantitative estimate of drug-likeness (QED) is 0.690. The van der Waals surface area contributed by atoms with Crippen molar-refractivity contribution in [2.24, 2.45) is 11.3 Å². The Morgan fingerprint density at radius 1 is 1.54 bits per heavy atom. The van der Waals surface area contributed by atoms with Gasteiger partial charge in [-0.05, 0) is 25.5 Å². The van der Waals surface area contributed by atoms with Crippen molar-refractivity contribution in [1.82, 2.24) is 0 Å². The van der Waals surface area contributed by atoms with Gasteiger partial charge in [0.05, 0.1) is 5.41 Å². The van der Waals surface area contributed by atoms with Crippen LogP contribution in [0.15, 0.2) is 0 Å². The lowest BCUT2D eigenvalue weighted by atomic mass is 9.97. The molecule has 13 heavy (non-hydrogen) atoms. The highest BCUT2D eigenvalue weighted by molar-refractivity contribution is 7.99. The van der Waals surface area contributed by atoms with Gasteiger partial charge in [-0.2, -0.15) is 11.8 Å². The molecule has 2 N–H and O–H groups in total. The number of aliphatic hydroxyl groups excluding tert-OH is 1. The Morgan fingerprint density at radius 2 is 2.08 bits per heavy atom. The van der Waals surface area contributed by atoms with Gasteiger partial charge in [0.15, 0.2) is 0 Å². The number of thioether (sulfide) groups is 1. The van der Waals surface area contributed by atoms with Crippen molar-refractivity contribution in [3.8, 4) is 0 Å². The number of hydrogen-bond donors (Lipinski definition) is 2. The van der Waals surface area contributed by atoms with Crippen molar-refractivity contribution in [3.63, 3.8) is 0 Å². The zero-order valence-electron chi connectivity index (χ0n) is 8.41. The summed E-state index contributed by atoms with van der Waals surface area (Å²) in [7, 11) is 0. The molecule has 0 bridgehead atoms. The zero-order valence-corrected chi connectivity index (χ0v) is 9.23. The molecule has 0 aliphatic rings. The molecule has 0 aliphatic heterocycles. The first-order valence-electron chi connectivity index (χ1n) is 4.32. The third-order valence-corrected chi connectivity index (χ3v) is 3.49. The van der Waals surface area contributed by atoms with Gasteiger partial charge in [0.25, 0.3) is 0 Å². The number of aliphatic hydroxyl groups is 1. The summed E-state index contributed by atoms with van der Waals surface area (Å²) >= 11 is 1.58. The summed E-state index contributed by atoms with van der Waals surface area (Å²) in [5.74, 6) is 0.881. The predicted octanol–water partition coefficient (Wildman–Crippen LogP) is 1.46. The molecule has 0 fully saturated rings. The van der Waals surface area contributed by atoms with E-state index in [9.17, 15) is 4.79 Å². The Morgan fingerprint density at radius 3 is 2.46 bits per heavy atom. The fraction of sp³-hybridized carbons (Fsp3) is 0.889. The molecule has 0 aromatic heterocycles. The third kappa shape index (κ3) is 5.16. The second kappa shape index (κ2) is 5.50. The first-order valence-corrected chi connectivity index (χ1v) is 5.47. The number of hydrogen-bond acceptors (Lipinski definition) is 3. The summed E-state index contributed by atoms with van der Waals surface area (Å²) in [4.78, 5) is 10.7. The molecule has 0 saturated heterocycles. The summed E-state index contributed by atoms with van der Waals surface area (Å²) in [6.07, 6.45) is 0. The molecule has 0 aliphatic carbocycles. The molecule has 3 nitrogen and oxygen atoms in total. The van der Waals surface area contributed by atoms with Crippen LogP contribution in [-0.2, 0) is 4.79 Å². The van der Waals surface area contributed by atoms with E-state index in [0.29, 0.717) is 5.75 Å². The van der Waals surface area contributed by atoms with Crippen LogP contribution in [-0.4, -0.2) is 34.3 Å². The molecule has 4 heteroatoms. The summed E-state index contributed by atoms with van der Waals surface area (Å²) < 4.78 is 0. The molecule has 0 aromatic carbocycles. The van der Waals surface area contributed by atoms with Crippen LogP contribution in [0, 0.1) is 11.3 Å². The molecule has 0 spiro atoms. The summed E-state index contributed by atoms with van der Waals surface area (Å²) in [5.41, 5.74) is -0.667. The van der Waals surface area contributed by atoms with E-state index in [-0.39, 0.29) is 12.5 Å². The first-order chi connectivity index (χ1) is 5.90. The third-order valence-electron chi connectivity index (χ3n) is 1.76. The smallest absolute Gasteiger partial charge is 0.309 e. The van der Waals surface area contributed by atoms with Crippen LogP contribution in [0.25, 0.3) is 0 Å². The van der Waals surface area contributed by atoms with Crippen LogP contribution >= 0.6 is 11.8 Å². The van der Waals surface area contributed by atoms with Gasteiger partial charge in [0.2, 0.25) is 0 Å². The largest absolute Gasteiger partial charge is 0.481 e. The fourth-order valence-electron chi connectivity index (χ4n) is 0.630. The monoisotopic (exact) mass is 206 g/mol. The molecule has 0 heterocycles. The highest BCUT2D eigenvalue weighted by Gasteiger charge is 2.26. The molecule has 78 valence electrons. The van der Waals surface area contributed by atoms with Gasteiger partial charge in [-0.15, -0.1) is 0 Å². The van der Waals surface area contributed by atoms with Gasteiger partial charge in [-0.3, -0.25) is 4.79 Å². The molecule has 0 amide bonds. The van der Waals surface area contributed by atoms with Gasteiger partial charge in [0.1, 0.15) is 0 Å². The zero-order chi connectivity index (χ0) is 10.5.